The minimum atomic E-state index is -1.62. The van der Waals surface area contributed by atoms with E-state index >= 15 is 0 Å². The fraction of sp³-hybridized carbons (Fsp3) is 0.417. The third-order valence-corrected chi connectivity index (χ3v) is 2.95. The van der Waals surface area contributed by atoms with Crippen molar-refractivity contribution in [2.24, 2.45) is 5.92 Å². The molecule has 0 amide bonds. The van der Waals surface area contributed by atoms with E-state index in [1.165, 1.54) is 0 Å². The van der Waals surface area contributed by atoms with E-state index in [0.717, 1.165) is 12.1 Å². The molecule has 92 valence electrons. The highest BCUT2D eigenvalue weighted by molar-refractivity contribution is 6.00. The zero-order chi connectivity index (χ0) is 12.6. The molecular formula is C12H11F3O2. The van der Waals surface area contributed by atoms with Gasteiger partial charge in [0.15, 0.2) is 23.2 Å². The van der Waals surface area contributed by atoms with E-state index in [0.29, 0.717) is 13.0 Å². The summed E-state index contributed by atoms with van der Waals surface area (Å²) < 4.78 is 44.3. The summed E-state index contributed by atoms with van der Waals surface area (Å²) in [7, 11) is 0. The molecule has 0 aromatic heterocycles. The average molecular weight is 244 g/mol. The van der Waals surface area contributed by atoms with Gasteiger partial charge in [-0.05, 0) is 24.5 Å². The summed E-state index contributed by atoms with van der Waals surface area (Å²) in [6, 6.07) is 1.69. The molecule has 2 nitrogen and oxygen atoms in total. The SMILES string of the molecule is CC1CCOC1C(=O)c1ccc(F)c(F)c1F. The van der Waals surface area contributed by atoms with Crippen molar-refractivity contribution in [3.63, 3.8) is 0 Å². The summed E-state index contributed by atoms with van der Waals surface area (Å²) in [5.41, 5.74) is -0.456. The van der Waals surface area contributed by atoms with Crippen LogP contribution >= 0.6 is 0 Å². The fourth-order valence-electron chi connectivity index (χ4n) is 1.90. The zero-order valence-electron chi connectivity index (χ0n) is 9.17. The van der Waals surface area contributed by atoms with Crippen molar-refractivity contribution in [2.75, 3.05) is 6.61 Å². The van der Waals surface area contributed by atoms with Gasteiger partial charge in [-0.1, -0.05) is 6.92 Å². The Morgan fingerprint density at radius 3 is 2.59 bits per heavy atom. The van der Waals surface area contributed by atoms with Crippen LogP contribution in [-0.4, -0.2) is 18.5 Å². The fourth-order valence-corrected chi connectivity index (χ4v) is 1.90. The normalized spacial score (nSPS) is 24.0. The number of hydrogen-bond donors (Lipinski definition) is 0. The molecule has 0 spiro atoms. The van der Waals surface area contributed by atoms with Gasteiger partial charge >= 0.3 is 0 Å². The number of hydrogen-bond acceptors (Lipinski definition) is 2. The predicted molar refractivity (Wildman–Crippen MR) is 54.2 cm³/mol. The lowest BCUT2D eigenvalue weighted by Gasteiger charge is -2.13. The smallest absolute Gasteiger partial charge is 0.195 e. The van der Waals surface area contributed by atoms with Gasteiger partial charge in [-0.15, -0.1) is 0 Å². The lowest BCUT2D eigenvalue weighted by atomic mass is 9.96. The molecule has 0 bridgehead atoms. The first-order chi connectivity index (χ1) is 8.02. The average Bonchev–Trinajstić information content (AvgIpc) is 2.72. The van der Waals surface area contributed by atoms with E-state index in [4.69, 9.17) is 4.74 Å². The van der Waals surface area contributed by atoms with Crippen LogP contribution in [-0.2, 0) is 4.74 Å². The summed E-state index contributed by atoms with van der Waals surface area (Å²) in [6.45, 7) is 2.22. The minimum Gasteiger partial charge on any atom is -0.370 e. The molecule has 0 N–H and O–H groups in total. The summed E-state index contributed by atoms with van der Waals surface area (Å²) in [4.78, 5) is 11.9. The van der Waals surface area contributed by atoms with Crippen molar-refractivity contribution >= 4 is 5.78 Å². The minimum absolute atomic E-state index is 0.0463. The maximum Gasteiger partial charge on any atom is 0.195 e. The molecule has 0 radical (unpaired) electrons. The second-order valence-corrected chi connectivity index (χ2v) is 4.14. The first-order valence-corrected chi connectivity index (χ1v) is 5.31. The number of ether oxygens (including phenoxy) is 1. The largest absolute Gasteiger partial charge is 0.370 e. The zero-order valence-corrected chi connectivity index (χ0v) is 9.17. The van der Waals surface area contributed by atoms with E-state index in [2.05, 4.69) is 0 Å². The van der Waals surface area contributed by atoms with Gasteiger partial charge < -0.3 is 4.74 Å². The Hall–Kier alpha value is -1.36. The molecule has 2 rings (SSSR count). The standard InChI is InChI=1S/C12H11F3O2/c1-6-4-5-17-12(6)11(16)7-2-3-8(13)10(15)9(7)14/h2-3,6,12H,4-5H2,1H3. The summed E-state index contributed by atoms with van der Waals surface area (Å²) in [5.74, 6) is -5.06. The van der Waals surface area contributed by atoms with E-state index in [1.54, 1.807) is 6.92 Å². The number of Topliss-reactive ketones (excluding diaryl/α,β-unsaturated/α-hetero) is 1. The van der Waals surface area contributed by atoms with E-state index < -0.39 is 34.9 Å². The third kappa shape index (κ3) is 2.07. The number of ketones is 1. The monoisotopic (exact) mass is 244 g/mol. The summed E-state index contributed by atoms with van der Waals surface area (Å²) >= 11 is 0. The molecule has 1 aromatic rings. The highest BCUT2D eigenvalue weighted by Gasteiger charge is 2.33. The maximum atomic E-state index is 13.4. The maximum absolute atomic E-state index is 13.4. The molecule has 17 heavy (non-hydrogen) atoms. The molecule has 0 saturated carbocycles. The van der Waals surface area contributed by atoms with Crippen molar-refractivity contribution in [1.29, 1.82) is 0 Å². The highest BCUT2D eigenvalue weighted by Crippen LogP contribution is 2.25. The van der Waals surface area contributed by atoms with Crippen LogP contribution in [0.4, 0.5) is 13.2 Å². The van der Waals surface area contributed by atoms with Gasteiger partial charge in [0.2, 0.25) is 0 Å². The molecule has 0 aliphatic carbocycles. The Morgan fingerprint density at radius 2 is 2.00 bits per heavy atom. The van der Waals surface area contributed by atoms with Crippen molar-refractivity contribution in [3.8, 4) is 0 Å². The van der Waals surface area contributed by atoms with Crippen molar-refractivity contribution < 1.29 is 22.7 Å². The highest BCUT2D eigenvalue weighted by atomic mass is 19.2. The molecule has 2 atom stereocenters. The van der Waals surface area contributed by atoms with Gasteiger partial charge in [0.05, 0.1) is 5.56 Å². The van der Waals surface area contributed by atoms with E-state index in [1.807, 2.05) is 0 Å². The van der Waals surface area contributed by atoms with Crippen LogP contribution in [0.25, 0.3) is 0 Å². The Labute approximate surface area is 96.4 Å². The molecule has 1 aromatic carbocycles. The molecule has 1 saturated heterocycles. The predicted octanol–water partition coefficient (Wildman–Crippen LogP) is 2.71. The molecule has 1 heterocycles. The number of halogens is 3. The quantitative estimate of drug-likeness (QED) is 0.590. The van der Waals surface area contributed by atoms with Crippen LogP contribution in [0.3, 0.4) is 0 Å². The Morgan fingerprint density at radius 1 is 1.29 bits per heavy atom. The molecule has 1 aliphatic rings. The van der Waals surface area contributed by atoms with Gasteiger partial charge in [-0.3, -0.25) is 4.79 Å². The number of carbonyl (C=O) groups is 1. The van der Waals surface area contributed by atoms with Crippen molar-refractivity contribution in [2.45, 2.75) is 19.4 Å². The Kier molecular flexibility index (Phi) is 3.19. The van der Waals surface area contributed by atoms with Crippen LogP contribution in [0.1, 0.15) is 23.7 Å². The van der Waals surface area contributed by atoms with Crippen LogP contribution in [0.15, 0.2) is 12.1 Å². The topological polar surface area (TPSA) is 26.3 Å². The summed E-state index contributed by atoms with van der Waals surface area (Å²) in [5, 5.41) is 0. The second-order valence-electron chi connectivity index (χ2n) is 4.14. The first kappa shape index (κ1) is 12.1. The van der Waals surface area contributed by atoms with Crippen LogP contribution in [0, 0.1) is 23.4 Å². The number of rotatable bonds is 2. The number of carbonyl (C=O) groups excluding carboxylic acids is 1. The van der Waals surface area contributed by atoms with Gasteiger partial charge in [0, 0.05) is 6.61 Å². The van der Waals surface area contributed by atoms with Gasteiger partial charge in [-0.25, -0.2) is 13.2 Å². The first-order valence-electron chi connectivity index (χ1n) is 5.31. The van der Waals surface area contributed by atoms with Crippen molar-refractivity contribution in [1.82, 2.24) is 0 Å². The van der Waals surface area contributed by atoms with E-state index in [9.17, 15) is 18.0 Å². The Balaban J connectivity index is 2.34. The second kappa shape index (κ2) is 4.49. The summed E-state index contributed by atoms with van der Waals surface area (Å²) in [6.07, 6.45) is -0.0730. The number of benzene rings is 1. The Bertz CT molecular complexity index is 459. The molecule has 2 unspecified atom stereocenters. The lowest BCUT2D eigenvalue weighted by molar-refractivity contribution is 0.0574. The van der Waals surface area contributed by atoms with Crippen LogP contribution in [0.5, 0.6) is 0 Å². The van der Waals surface area contributed by atoms with Gasteiger partial charge in [0.1, 0.15) is 6.10 Å². The molecule has 5 heteroatoms. The van der Waals surface area contributed by atoms with Crippen LogP contribution in [0.2, 0.25) is 0 Å². The third-order valence-electron chi connectivity index (χ3n) is 2.95. The van der Waals surface area contributed by atoms with Gasteiger partial charge in [-0.2, -0.15) is 0 Å². The molecule has 1 fully saturated rings. The molecular weight excluding hydrogens is 233 g/mol. The lowest BCUT2D eigenvalue weighted by Crippen LogP contribution is -2.26. The van der Waals surface area contributed by atoms with Crippen LogP contribution < -0.4 is 0 Å². The van der Waals surface area contributed by atoms with Gasteiger partial charge in [0.25, 0.3) is 0 Å². The van der Waals surface area contributed by atoms with Crippen molar-refractivity contribution in [3.05, 3.63) is 35.1 Å². The van der Waals surface area contributed by atoms with E-state index in [-0.39, 0.29) is 5.92 Å². The molecule has 1 aliphatic heterocycles.